The highest BCUT2D eigenvalue weighted by atomic mass is 19.1. The van der Waals surface area contributed by atoms with Gasteiger partial charge in [-0.15, -0.1) is 0 Å². The Morgan fingerprint density at radius 3 is 2.62 bits per heavy atom. The molecule has 0 spiro atoms. The number of aromatic nitrogens is 4. The second-order valence-corrected chi connectivity index (χ2v) is 9.57. The Balaban J connectivity index is 1.52. The van der Waals surface area contributed by atoms with Crippen molar-refractivity contribution in [3.63, 3.8) is 0 Å². The minimum atomic E-state index is -0.268. The van der Waals surface area contributed by atoms with Crippen molar-refractivity contribution >= 4 is 5.91 Å². The van der Waals surface area contributed by atoms with Crippen molar-refractivity contribution in [2.75, 3.05) is 0 Å². The van der Waals surface area contributed by atoms with Gasteiger partial charge in [0.1, 0.15) is 5.82 Å². The molecule has 0 radical (unpaired) electrons. The number of halogens is 1. The normalized spacial score (nSPS) is 17.2. The van der Waals surface area contributed by atoms with Crippen LogP contribution in [0.2, 0.25) is 0 Å². The fourth-order valence-electron chi connectivity index (χ4n) is 4.88. The van der Waals surface area contributed by atoms with Crippen LogP contribution in [0.15, 0.2) is 30.5 Å². The second-order valence-electron chi connectivity index (χ2n) is 9.57. The van der Waals surface area contributed by atoms with Gasteiger partial charge in [0.25, 0.3) is 0 Å². The molecule has 2 aromatic heterocycles. The number of nitrogens with one attached hydrogen (secondary N) is 1. The summed E-state index contributed by atoms with van der Waals surface area (Å²) in [5, 5.41) is 12.4. The van der Waals surface area contributed by atoms with E-state index in [1.807, 2.05) is 22.5 Å². The third-order valence-electron chi connectivity index (χ3n) is 6.52. The lowest BCUT2D eigenvalue weighted by atomic mass is 9.74. The van der Waals surface area contributed by atoms with E-state index in [-0.39, 0.29) is 23.2 Å². The third kappa shape index (κ3) is 4.33. The van der Waals surface area contributed by atoms with Gasteiger partial charge in [-0.2, -0.15) is 10.2 Å². The maximum Gasteiger partial charge on any atom is 0.220 e. The van der Waals surface area contributed by atoms with E-state index in [4.69, 9.17) is 0 Å². The molecule has 1 unspecified atom stereocenters. The van der Waals surface area contributed by atoms with Crippen LogP contribution in [0.1, 0.15) is 67.9 Å². The molecule has 0 fully saturated rings. The maximum absolute atomic E-state index is 13.4. The Bertz CT molecular complexity index is 1130. The molecule has 1 aromatic carbocycles. The first-order valence-electron chi connectivity index (χ1n) is 11.3. The molecule has 0 bridgehead atoms. The molecule has 7 heteroatoms. The van der Waals surface area contributed by atoms with Crippen LogP contribution in [0, 0.1) is 25.1 Å². The summed E-state index contributed by atoms with van der Waals surface area (Å²) in [7, 11) is 0. The average Bonchev–Trinajstić information content (AvgIpc) is 3.26. The van der Waals surface area contributed by atoms with Gasteiger partial charge < -0.3 is 5.32 Å². The highest BCUT2D eigenvalue weighted by Crippen LogP contribution is 2.41. The fraction of sp³-hybridized carbons (Fsp3) is 0.480. The predicted molar refractivity (Wildman–Crippen MR) is 122 cm³/mol. The molecule has 1 aliphatic rings. The maximum atomic E-state index is 13.4. The van der Waals surface area contributed by atoms with Crippen LogP contribution in [0.5, 0.6) is 0 Å². The molecule has 0 saturated carbocycles. The summed E-state index contributed by atoms with van der Waals surface area (Å²) < 4.78 is 17.2. The molecule has 1 atom stereocenters. The van der Waals surface area contributed by atoms with E-state index < -0.39 is 0 Å². The van der Waals surface area contributed by atoms with Crippen LogP contribution in [0.4, 0.5) is 4.39 Å². The van der Waals surface area contributed by atoms with Crippen molar-refractivity contribution in [1.29, 1.82) is 0 Å². The fourth-order valence-corrected chi connectivity index (χ4v) is 4.88. The van der Waals surface area contributed by atoms with Crippen molar-refractivity contribution in [3.8, 4) is 5.69 Å². The van der Waals surface area contributed by atoms with E-state index in [2.05, 4.69) is 43.2 Å². The van der Waals surface area contributed by atoms with Gasteiger partial charge in [0, 0.05) is 24.2 Å². The smallest absolute Gasteiger partial charge is 0.220 e. The monoisotopic (exact) mass is 437 g/mol. The molecule has 0 saturated heterocycles. The summed E-state index contributed by atoms with van der Waals surface area (Å²) in [6.45, 7) is 11.4. The highest BCUT2D eigenvalue weighted by Gasteiger charge is 2.36. The van der Waals surface area contributed by atoms with Crippen molar-refractivity contribution in [1.82, 2.24) is 24.9 Å². The minimum absolute atomic E-state index is 0.0121. The molecular formula is C25H32FN5O. The lowest BCUT2D eigenvalue weighted by molar-refractivity contribution is -0.122. The Kier molecular flexibility index (Phi) is 5.93. The summed E-state index contributed by atoms with van der Waals surface area (Å²) >= 11 is 0. The number of nitrogens with zero attached hydrogens (tertiary/aromatic N) is 4. The Hall–Kier alpha value is -2.96. The van der Waals surface area contributed by atoms with Gasteiger partial charge in [0.15, 0.2) is 0 Å². The number of aryl methyl sites for hydroxylation is 2. The number of amides is 1. The molecule has 6 nitrogen and oxygen atoms in total. The van der Waals surface area contributed by atoms with Crippen LogP contribution in [-0.2, 0) is 24.2 Å². The molecule has 170 valence electrons. The molecular weight excluding hydrogens is 405 g/mol. The highest BCUT2D eigenvalue weighted by molar-refractivity contribution is 5.77. The lowest BCUT2D eigenvalue weighted by Crippen LogP contribution is -2.36. The molecule has 1 aliphatic carbocycles. The number of hydrogen-bond acceptors (Lipinski definition) is 3. The SMILES string of the molecule is CCn1nc(C)c(CCC(=O)NC2CC(C)(C)Cc3c2cnn3-c2ccc(F)cc2)c1C. The second kappa shape index (κ2) is 8.52. The quantitative estimate of drug-likeness (QED) is 0.613. The van der Waals surface area contributed by atoms with E-state index in [1.54, 1.807) is 12.1 Å². The van der Waals surface area contributed by atoms with Crippen molar-refractivity contribution in [3.05, 3.63) is 64.5 Å². The van der Waals surface area contributed by atoms with Crippen LogP contribution >= 0.6 is 0 Å². The Morgan fingerprint density at radius 2 is 1.97 bits per heavy atom. The molecule has 1 amide bonds. The van der Waals surface area contributed by atoms with Gasteiger partial charge in [-0.25, -0.2) is 9.07 Å². The number of hydrogen-bond donors (Lipinski definition) is 1. The third-order valence-corrected chi connectivity index (χ3v) is 6.52. The summed E-state index contributed by atoms with van der Waals surface area (Å²) in [5.74, 6) is -0.230. The Morgan fingerprint density at radius 1 is 1.25 bits per heavy atom. The molecule has 0 aliphatic heterocycles. The van der Waals surface area contributed by atoms with Gasteiger partial charge in [0.05, 0.1) is 29.3 Å². The molecule has 2 heterocycles. The van der Waals surface area contributed by atoms with E-state index in [0.29, 0.717) is 12.8 Å². The standard InChI is InChI=1S/C25H32FN5O/c1-6-30-17(3)20(16(2)29-30)11-12-24(32)28-22-13-25(4,5)14-23-21(22)15-27-31(23)19-9-7-18(26)8-10-19/h7-10,15,22H,6,11-14H2,1-5H3,(H,28,32). The van der Waals surface area contributed by atoms with Gasteiger partial charge >= 0.3 is 0 Å². The number of fused-ring (bicyclic) bond motifs is 1. The van der Waals surface area contributed by atoms with Crippen molar-refractivity contribution in [2.45, 2.75) is 72.9 Å². The first-order chi connectivity index (χ1) is 15.2. The number of rotatable bonds is 6. The predicted octanol–water partition coefficient (Wildman–Crippen LogP) is 4.61. The van der Waals surface area contributed by atoms with Crippen LogP contribution in [0.25, 0.3) is 5.69 Å². The number of carbonyl (C=O) groups is 1. The molecule has 1 N–H and O–H groups in total. The van der Waals surface area contributed by atoms with Crippen LogP contribution < -0.4 is 5.32 Å². The number of benzene rings is 1. The van der Waals surface area contributed by atoms with Gasteiger partial charge in [-0.05, 0) is 75.3 Å². The van der Waals surface area contributed by atoms with Crippen molar-refractivity contribution in [2.24, 2.45) is 5.41 Å². The largest absolute Gasteiger partial charge is 0.349 e. The first-order valence-corrected chi connectivity index (χ1v) is 11.3. The summed E-state index contributed by atoms with van der Waals surface area (Å²) in [4.78, 5) is 12.9. The van der Waals surface area contributed by atoms with E-state index in [0.717, 1.165) is 53.3 Å². The molecule has 3 aromatic rings. The first kappa shape index (κ1) is 22.2. The Labute approximate surface area is 188 Å². The van der Waals surface area contributed by atoms with E-state index in [9.17, 15) is 9.18 Å². The number of carbonyl (C=O) groups excluding carboxylic acids is 1. The summed E-state index contributed by atoms with van der Waals surface area (Å²) in [5.41, 5.74) is 6.27. The summed E-state index contributed by atoms with van der Waals surface area (Å²) in [6.07, 6.45) is 4.66. The van der Waals surface area contributed by atoms with Crippen LogP contribution in [0.3, 0.4) is 0 Å². The lowest BCUT2D eigenvalue weighted by Gasteiger charge is -2.36. The van der Waals surface area contributed by atoms with Gasteiger partial charge in [-0.3, -0.25) is 9.48 Å². The van der Waals surface area contributed by atoms with Crippen LogP contribution in [-0.4, -0.2) is 25.5 Å². The summed E-state index contributed by atoms with van der Waals surface area (Å²) in [6, 6.07) is 6.27. The molecule has 4 rings (SSSR count). The van der Waals surface area contributed by atoms with E-state index in [1.165, 1.54) is 12.1 Å². The molecule has 32 heavy (non-hydrogen) atoms. The van der Waals surface area contributed by atoms with Gasteiger partial charge in [-0.1, -0.05) is 13.8 Å². The van der Waals surface area contributed by atoms with E-state index >= 15 is 0 Å². The van der Waals surface area contributed by atoms with Gasteiger partial charge in [0.2, 0.25) is 5.91 Å². The van der Waals surface area contributed by atoms with Crippen molar-refractivity contribution < 1.29 is 9.18 Å². The topological polar surface area (TPSA) is 64.7 Å². The zero-order chi connectivity index (χ0) is 23.0. The zero-order valence-corrected chi connectivity index (χ0v) is 19.6. The minimum Gasteiger partial charge on any atom is -0.349 e. The average molecular weight is 438 g/mol. The zero-order valence-electron chi connectivity index (χ0n) is 19.6.